The Morgan fingerprint density at radius 1 is 1.14 bits per heavy atom. The van der Waals surface area contributed by atoms with Gasteiger partial charge >= 0.3 is 5.97 Å². The van der Waals surface area contributed by atoms with E-state index in [1.165, 1.54) is 7.11 Å². The molecule has 1 saturated heterocycles. The minimum atomic E-state index is -0.880. The summed E-state index contributed by atoms with van der Waals surface area (Å²) in [6, 6.07) is 3.42. The lowest BCUT2D eigenvalue weighted by atomic mass is 9.98. The highest BCUT2D eigenvalue weighted by Crippen LogP contribution is 2.36. The fourth-order valence-electron chi connectivity index (χ4n) is 4.14. The molecule has 0 aliphatic carbocycles. The van der Waals surface area contributed by atoms with Crippen LogP contribution in [0.3, 0.4) is 0 Å². The molecule has 0 amide bonds. The Kier molecular flexibility index (Phi) is 9.92. The van der Waals surface area contributed by atoms with Crippen LogP contribution in [0.2, 0.25) is 0 Å². The molecular formula is C27H39NO8. The fourth-order valence-corrected chi connectivity index (χ4v) is 4.14. The highest BCUT2D eigenvalue weighted by atomic mass is 16.8. The molecule has 5 atom stereocenters. The van der Waals surface area contributed by atoms with E-state index in [9.17, 15) is 9.90 Å². The number of benzene rings is 1. The molecule has 0 radical (unpaired) electrons. The van der Waals surface area contributed by atoms with Crippen molar-refractivity contribution in [2.75, 3.05) is 27.1 Å². The first-order valence-electron chi connectivity index (χ1n) is 12.4. The number of esters is 1. The maximum Gasteiger partial charge on any atom is 0.342 e. The van der Waals surface area contributed by atoms with Gasteiger partial charge in [-0.25, -0.2) is 4.79 Å². The van der Waals surface area contributed by atoms with E-state index in [4.69, 9.17) is 34.2 Å². The molecule has 1 unspecified atom stereocenters. The smallest absolute Gasteiger partial charge is 0.342 e. The van der Waals surface area contributed by atoms with Crippen LogP contribution >= 0.6 is 0 Å². The highest BCUT2D eigenvalue weighted by Gasteiger charge is 2.43. The Morgan fingerprint density at radius 2 is 1.89 bits per heavy atom. The second-order valence-corrected chi connectivity index (χ2v) is 9.51. The molecule has 1 fully saturated rings. The first-order valence-corrected chi connectivity index (χ1v) is 12.4. The number of methoxy groups -OCH3 is 1. The molecule has 3 N–H and O–H groups in total. The number of carbonyl (C=O) groups is 1. The van der Waals surface area contributed by atoms with E-state index in [2.05, 4.69) is 0 Å². The van der Waals surface area contributed by atoms with Crippen LogP contribution in [0.25, 0.3) is 6.08 Å². The first kappa shape index (κ1) is 28.1. The molecule has 0 aromatic heterocycles. The van der Waals surface area contributed by atoms with Gasteiger partial charge in [-0.1, -0.05) is 31.2 Å². The third-order valence-corrected chi connectivity index (χ3v) is 6.17. The number of hydrogen-bond acceptors (Lipinski definition) is 9. The zero-order valence-electron chi connectivity index (χ0n) is 21.8. The van der Waals surface area contributed by atoms with Gasteiger partial charge in [-0.05, 0) is 52.3 Å². The van der Waals surface area contributed by atoms with Gasteiger partial charge in [0.1, 0.15) is 35.4 Å². The number of cyclic esters (lactones) is 1. The van der Waals surface area contributed by atoms with E-state index in [-0.39, 0.29) is 18.3 Å². The second kappa shape index (κ2) is 12.7. The van der Waals surface area contributed by atoms with Gasteiger partial charge in [0.05, 0.1) is 12.7 Å². The molecule has 0 saturated carbocycles. The largest absolute Gasteiger partial charge is 0.493 e. The van der Waals surface area contributed by atoms with E-state index < -0.39 is 36.2 Å². The minimum Gasteiger partial charge on any atom is -0.493 e. The first-order chi connectivity index (χ1) is 17.2. The summed E-state index contributed by atoms with van der Waals surface area (Å²) in [5.74, 6) is -0.726. The average molecular weight is 506 g/mol. The predicted molar refractivity (Wildman–Crippen MR) is 135 cm³/mol. The molecule has 2 aliphatic rings. The summed E-state index contributed by atoms with van der Waals surface area (Å²) < 4.78 is 34.7. The number of nitrogens with two attached hydrogens (primary N) is 1. The maximum absolute atomic E-state index is 13.5. The Hall–Kier alpha value is -2.43. The van der Waals surface area contributed by atoms with E-state index in [1.54, 1.807) is 31.2 Å². The van der Waals surface area contributed by atoms with Crippen molar-refractivity contribution in [3.05, 3.63) is 41.5 Å². The SMILES string of the molecule is COCOc1ccc(OCCCN)c2c1C(=O)O[C@@H](C)[C@H](C)C=CC(O)[C@H]1OC(C)(C)O[C@H]1CC=C2. The third kappa shape index (κ3) is 7.08. The number of aliphatic hydroxyl groups excluding tert-OH is 1. The molecule has 9 nitrogen and oxygen atoms in total. The lowest BCUT2D eigenvalue weighted by Crippen LogP contribution is -2.34. The molecule has 36 heavy (non-hydrogen) atoms. The lowest BCUT2D eigenvalue weighted by molar-refractivity contribution is -0.152. The highest BCUT2D eigenvalue weighted by molar-refractivity contribution is 5.98. The van der Waals surface area contributed by atoms with Gasteiger partial charge in [-0.3, -0.25) is 0 Å². The van der Waals surface area contributed by atoms with Gasteiger partial charge < -0.3 is 39.3 Å². The molecule has 200 valence electrons. The van der Waals surface area contributed by atoms with Crippen LogP contribution in [0.4, 0.5) is 0 Å². The van der Waals surface area contributed by atoms with E-state index in [1.807, 2.05) is 32.9 Å². The van der Waals surface area contributed by atoms with Crippen LogP contribution in [0.5, 0.6) is 11.5 Å². The number of rotatable bonds is 7. The number of ether oxygens (including phenoxy) is 6. The van der Waals surface area contributed by atoms with Gasteiger partial charge in [0.2, 0.25) is 0 Å². The number of fused-ring (bicyclic) bond motifs is 2. The Bertz CT molecular complexity index is 944. The molecule has 0 spiro atoms. The van der Waals surface area contributed by atoms with E-state index >= 15 is 0 Å². The van der Waals surface area contributed by atoms with Crippen LogP contribution in [0.1, 0.15) is 56.5 Å². The topological polar surface area (TPSA) is 119 Å². The Morgan fingerprint density at radius 3 is 2.61 bits per heavy atom. The van der Waals surface area contributed by atoms with Crippen molar-refractivity contribution in [2.45, 2.75) is 70.7 Å². The molecule has 1 aromatic rings. The van der Waals surface area contributed by atoms with Gasteiger partial charge in [-0.15, -0.1) is 0 Å². The second-order valence-electron chi connectivity index (χ2n) is 9.51. The third-order valence-electron chi connectivity index (χ3n) is 6.17. The summed E-state index contributed by atoms with van der Waals surface area (Å²) in [5.41, 5.74) is 6.40. The Balaban J connectivity index is 2.08. The predicted octanol–water partition coefficient (Wildman–Crippen LogP) is 3.43. The summed E-state index contributed by atoms with van der Waals surface area (Å²) in [7, 11) is 1.51. The van der Waals surface area contributed by atoms with Crippen molar-refractivity contribution >= 4 is 12.0 Å². The summed E-state index contributed by atoms with van der Waals surface area (Å²) in [6.45, 7) is 8.20. The molecule has 2 aliphatic heterocycles. The van der Waals surface area contributed by atoms with Crippen molar-refractivity contribution in [3.8, 4) is 11.5 Å². The van der Waals surface area contributed by atoms with E-state index in [0.29, 0.717) is 43.1 Å². The van der Waals surface area contributed by atoms with Crippen molar-refractivity contribution in [3.63, 3.8) is 0 Å². The van der Waals surface area contributed by atoms with Gasteiger partial charge in [-0.2, -0.15) is 0 Å². The molecule has 3 rings (SSSR count). The van der Waals surface area contributed by atoms with Crippen molar-refractivity contribution in [1.82, 2.24) is 0 Å². The number of hydrogen-bond donors (Lipinski definition) is 2. The van der Waals surface area contributed by atoms with Crippen LogP contribution in [-0.4, -0.2) is 68.3 Å². The molecule has 9 heteroatoms. The number of carbonyl (C=O) groups excluding carboxylic acids is 1. The van der Waals surface area contributed by atoms with Crippen LogP contribution < -0.4 is 15.2 Å². The quantitative estimate of drug-likeness (QED) is 0.249. The zero-order chi connectivity index (χ0) is 26.3. The van der Waals surface area contributed by atoms with Crippen molar-refractivity contribution in [1.29, 1.82) is 0 Å². The van der Waals surface area contributed by atoms with Crippen molar-refractivity contribution < 1.29 is 38.3 Å². The summed E-state index contributed by atoms with van der Waals surface area (Å²) >= 11 is 0. The van der Waals surface area contributed by atoms with Crippen LogP contribution in [-0.2, 0) is 18.9 Å². The molecule has 2 heterocycles. The lowest BCUT2D eigenvalue weighted by Gasteiger charge is -2.23. The molecule has 1 aromatic carbocycles. The van der Waals surface area contributed by atoms with Crippen molar-refractivity contribution in [2.24, 2.45) is 11.7 Å². The van der Waals surface area contributed by atoms with Gasteiger partial charge in [0.15, 0.2) is 12.6 Å². The normalized spacial score (nSPS) is 28.1. The van der Waals surface area contributed by atoms with Gasteiger partial charge in [0, 0.05) is 18.6 Å². The number of aliphatic hydroxyl groups is 1. The van der Waals surface area contributed by atoms with Crippen LogP contribution in [0.15, 0.2) is 30.4 Å². The molecule has 0 bridgehead atoms. The van der Waals surface area contributed by atoms with Gasteiger partial charge in [0.25, 0.3) is 0 Å². The standard InChI is InChI=1S/C27H39NO8/c1-17-10-11-20(29)25-23(35-27(3,4)36-25)9-6-8-19-21(32-15-7-14-28)12-13-22(33-16-31-5)24(19)26(30)34-18(17)2/h6,8,10-13,17-18,20,23,25,29H,7,9,14-16,28H2,1-5H3/t17-,18+,20?,23+,25-/m1/s1. The molecular weight excluding hydrogens is 466 g/mol. The zero-order valence-corrected chi connectivity index (χ0v) is 21.8. The fraction of sp³-hybridized carbons (Fsp3) is 0.593. The minimum absolute atomic E-state index is 0.0343. The Labute approximate surface area is 213 Å². The van der Waals surface area contributed by atoms with E-state index in [0.717, 1.165) is 0 Å². The van der Waals surface area contributed by atoms with Crippen LogP contribution in [0, 0.1) is 5.92 Å². The monoisotopic (exact) mass is 505 g/mol. The maximum atomic E-state index is 13.5. The summed E-state index contributed by atoms with van der Waals surface area (Å²) in [6.07, 6.45) is 5.96. The average Bonchev–Trinajstić information content (AvgIpc) is 3.15. The summed E-state index contributed by atoms with van der Waals surface area (Å²) in [4.78, 5) is 13.5. The summed E-state index contributed by atoms with van der Waals surface area (Å²) in [5, 5.41) is 10.8.